The molecule has 3 aromatic rings. The average molecular weight is 573 g/mol. The quantitative estimate of drug-likeness (QED) is 0.150. The van der Waals surface area contributed by atoms with E-state index in [1.807, 2.05) is 69.4 Å². The lowest BCUT2D eigenvalue weighted by atomic mass is 9.93. The fourth-order valence-corrected chi connectivity index (χ4v) is 4.67. The van der Waals surface area contributed by atoms with Crippen LogP contribution in [0.2, 0.25) is 5.02 Å². The molecule has 1 aliphatic rings. The van der Waals surface area contributed by atoms with Crippen molar-refractivity contribution in [2.45, 2.75) is 46.6 Å². The number of rotatable bonds is 11. The summed E-state index contributed by atoms with van der Waals surface area (Å²) in [5, 5.41) is 15.1. The van der Waals surface area contributed by atoms with Crippen molar-refractivity contribution in [3.8, 4) is 28.8 Å². The molecular formula is C32H33ClN4O4. The van der Waals surface area contributed by atoms with Crippen molar-refractivity contribution in [3.05, 3.63) is 82.0 Å². The second-order valence-corrected chi connectivity index (χ2v) is 10.3. The van der Waals surface area contributed by atoms with Crippen molar-refractivity contribution in [1.29, 1.82) is 5.26 Å². The van der Waals surface area contributed by atoms with E-state index in [-0.39, 0.29) is 23.8 Å². The Bertz CT molecular complexity index is 1530. The second kappa shape index (κ2) is 13.4. The smallest absolute Gasteiger partial charge is 0.271 e. The lowest BCUT2D eigenvalue weighted by Crippen LogP contribution is -2.43. The van der Waals surface area contributed by atoms with Crippen LogP contribution in [0.3, 0.4) is 0 Å². The third kappa shape index (κ3) is 6.76. The third-order valence-electron chi connectivity index (χ3n) is 6.53. The Morgan fingerprint density at radius 1 is 1.10 bits per heavy atom. The van der Waals surface area contributed by atoms with Crippen LogP contribution in [0.4, 0.5) is 0 Å². The van der Waals surface area contributed by atoms with Crippen molar-refractivity contribution in [2.24, 2.45) is 0 Å². The maximum atomic E-state index is 13.7. The summed E-state index contributed by atoms with van der Waals surface area (Å²) in [6.45, 7) is 8.57. The number of amides is 2. The van der Waals surface area contributed by atoms with Gasteiger partial charge in [0.05, 0.1) is 23.4 Å². The zero-order chi connectivity index (χ0) is 29.5. The molecule has 41 heavy (non-hydrogen) atoms. The van der Waals surface area contributed by atoms with E-state index in [1.54, 1.807) is 29.8 Å². The second-order valence-electron chi connectivity index (χ2n) is 9.91. The molecule has 1 aliphatic heterocycles. The number of hydrogen-bond donors (Lipinski definition) is 0. The number of aromatic nitrogens is 2. The Morgan fingerprint density at radius 2 is 1.85 bits per heavy atom. The molecule has 0 atom stereocenters. The van der Waals surface area contributed by atoms with Gasteiger partial charge in [0.1, 0.15) is 23.1 Å². The van der Waals surface area contributed by atoms with Crippen LogP contribution in [0.5, 0.6) is 5.75 Å². The zero-order valence-corrected chi connectivity index (χ0v) is 24.4. The molecular weight excluding hydrogens is 540 g/mol. The first-order chi connectivity index (χ1) is 19.7. The number of ether oxygens (including phenoxy) is 2. The maximum Gasteiger partial charge on any atom is 0.271 e. The molecule has 2 aromatic carbocycles. The highest BCUT2D eigenvalue weighted by Gasteiger charge is 2.35. The number of benzene rings is 2. The molecule has 8 nitrogen and oxygen atoms in total. The number of imide groups is 1. The third-order valence-corrected chi connectivity index (χ3v) is 6.83. The molecule has 4 rings (SSSR count). The van der Waals surface area contributed by atoms with E-state index >= 15 is 0 Å². The molecule has 0 N–H and O–H groups in total. The molecule has 0 saturated carbocycles. The highest BCUT2D eigenvalue weighted by molar-refractivity contribution is 6.32. The number of carbonyl (C=O) groups is 2. The van der Waals surface area contributed by atoms with Gasteiger partial charge in [-0.05, 0) is 75.6 Å². The van der Waals surface area contributed by atoms with E-state index in [0.717, 1.165) is 22.6 Å². The number of halogens is 1. The van der Waals surface area contributed by atoms with Gasteiger partial charge in [0.2, 0.25) is 0 Å². The topological polar surface area (TPSA) is 97.4 Å². The minimum atomic E-state index is -0.591. The van der Waals surface area contributed by atoms with E-state index in [0.29, 0.717) is 47.2 Å². The molecule has 0 radical (unpaired) electrons. The van der Waals surface area contributed by atoms with Crippen molar-refractivity contribution < 1.29 is 19.1 Å². The molecule has 0 bridgehead atoms. The Morgan fingerprint density at radius 3 is 2.51 bits per heavy atom. The Labute approximate surface area is 245 Å². The molecule has 0 saturated heterocycles. The number of carbonyl (C=O) groups excluding carboxylic acids is 2. The first-order valence-electron chi connectivity index (χ1n) is 13.6. The fourth-order valence-electron chi connectivity index (χ4n) is 4.44. The van der Waals surface area contributed by atoms with Crippen LogP contribution in [-0.2, 0) is 14.3 Å². The SMILES string of the molecule is CCCOc1ccc(-c2nn(-c3ccccc3)cc2/C=C2/C(=O)N(CCCOC(C)C)C(=O)C(C#N)=C2C)cc1Cl. The lowest BCUT2D eigenvalue weighted by molar-refractivity contribution is -0.140. The normalized spacial score (nSPS) is 14.8. The first-order valence-corrected chi connectivity index (χ1v) is 14.0. The summed E-state index contributed by atoms with van der Waals surface area (Å²) < 4.78 is 13.0. The summed E-state index contributed by atoms with van der Waals surface area (Å²) in [5.74, 6) is -0.475. The van der Waals surface area contributed by atoms with Crippen molar-refractivity contribution >= 4 is 29.5 Å². The zero-order valence-electron chi connectivity index (χ0n) is 23.7. The molecule has 9 heteroatoms. The molecule has 0 unspecified atom stereocenters. The lowest BCUT2D eigenvalue weighted by Gasteiger charge is -2.27. The van der Waals surface area contributed by atoms with E-state index < -0.39 is 11.8 Å². The predicted molar refractivity (Wildman–Crippen MR) is 159 cm³/mol. The Hall–Kier alpha value is -4.19. The number of nitrogens with zero attached hydrogens (tertiary/aromatic N) is 4. The monoisotopic (exact) mass is 572 g/mol. The van der Waals surface area contributed by atoms with Crippen LogP contribution in [0.1, 0.15) is 46.1 Å². The highest BCUT2D eigenvalue weighted by Crippen LogP contribution is 2.34. The molecule has 1 aromatic heterocycles. The molecule has 0 spiro atoms. The number of hydrogen-bond acceptors (Lipinski definition) is 6. The van der Waals surface area contributed by atoms with Gasteiger partial charge in [-0.3, -0.25) is 14.5 Å². The molecule has 2 heterocycles. The van der Waals surface area contributed by atoms with Gasteiger partial charge in [-0.1, -0.05) is 36.7 Å². The summed E-state index contributed by atoms with van der Waals surface area (Å²) in [6.07, 6.45) is 4.86. The summed E-state index contributed by atoms with van der Waals surface area (Å²) in [7, 11) is 0. The summed E-state index contributed by atoms with van der Waals surface area (Å²) >= 11 is 6.56. The van der Waals surface area contributed by atoms with Gasteiger partial charge in [-0.25, -0.2) is 4.68 Å². The van der Waals surface area contributed by atoms with Crippen molar-refractivity contribution in [3.63, 3.8) is 0 Å². The van der Waals surface area contributed by atoms with Gasteiger partial charge < -0.3 is 9.47 Å². The molecule has 0 aliphatic carbocycles. The fraction of sp³-hybridized carbons (Fsp3) is 0.312. The van der Waals surface area contributed by atoms with E-state index in [4.69, 9.17) is 26.2 Å². The molecule has 0 fully saturated rings. The minimum Gasteiger partial charge on any atom is -0.492 e. The van der Waals surface area contributed by atoms with Gasteiger partial charge in [0.25, 0.3) is 11.8 Å². The van der Waals surface area contributed by atoms with Crippen LogP contribution in [0, 0.1) is 11.3 Å². The minimum absolute atomic E-state index is 0.0374. The first kappa shape index (κ1) is 29.8. The number of nitriles is 1. The molecule has 212 valence electrons. The number of para-hydroxylation sites is 1. The van der Waals surface area contributed by atoms with Crippen molar-refractivity contribution in [2.75, 3.05) is 19.8 Å². The standard InChI is InChI=1S/C32H33ClN4O4/c1-5-15-41-29-13-12-23(18-28(29)33)30-24(20-37(35-30)25-10-7-6-8-11-25)17-26-22(4)27(19-34)32(39)36(31(26)38)14-9-16-40-21(2)3/h6-8,10-13,17-18,20-21H,5,9,14-16H2,1-4H3/b26-17+. The summed E-state index contributed by atoms with van der Waals surface area (Å²) in [6, 6.07) is 17.0. The predicted octanol–water partition coefficient (Wildman–Crippen LogP) is 6.39. The van der Waals surface area contributed by atoms with E-state index in [9.17, 15) is 14.9 Å². The highest BCUT2D eigenvalue weighted by atomic mass is 35.5. The van der Waals surface area contributed by atoms with Crippen LogP contribution < -0.4 is 4.74 Å². The summed E-state index contributed by atoms with van der Waals surface area (Å²) in [4.78, 5) is 27.8. The Balaban J connectivity index is 1.80. The Kier molecular flexibility index (Phi) is 9.77. The average Bonchev–Trinajstić information content (AvgIpc) is 3.39. The van der Waals surface area contributed by atoms with E-state index in [1.165, 1.54) is 0 Å². The maximum absolute atomic E-state index is 13.7. The van der Waals surface area contributed by atoms with Crippen LogP contribution in [0.15, 0.2) is 71.4 Å². The van der Waals surface area contributed by atoms with Gasteiger partial charge >= 0.3 is 0 Å². The van der Waals surface area contributed by atoms with Crippen LogP contribution in [0.25, 0.3) is 23.0 Å². The largest absolute Gasteiger partial charge is 0.492 e. The van der Waals surface area contributed by atoms with Gasteiger partial charge in [0, 0.05) is 36.0 Å². The van der Waals surface area contributed by atoms with Crippen LogP contribution in [-0.4, -0.2) is 52.4 Å². The van der Waals surface area contributed by atoms with Gasteiger partial charge in [-0.2, -0.15) is 10.4 Å². The van der Waals surface area contributed by atoms with Gasteiger partial charge in [0.15, 0.2) is 0 Å². The van der Waals surface area contributed by atoms with E-state index in [2.05, 4.69) is 0 Å². The van der Waals surface area contributed by atoms with Crippen LogP contribution >= 0.6 is 11.6 Å². The summed E-state index contributed by atoms with van der Waals surface area (Å²) in [5.41, 5.74) is 3.30. The van der Waals surface area contributed by atoms with Gasteiger partial charge in [-0.15, -0.1) is 0 Å². The molecule has 2 amide bonds. The van der Waals surface area contributed by atoms with Crippen molar-refractivity contribution in [1.82, 2.24) is 14.7 Å².